The number of benzene rings is 1. The van der Waals surface area contributed by atoms with Crippen molar-refractivity contribution in [3.63, 3.8) is 0 Å². The van der Waals surface area contributed by atoms with Gasteiger partial charge >= 0.3 is 5.97 Å². The molecule has 106 valence electrons. The van der Waals surface area contributed by atoms with Crippen LogP contribution in [0.2, 0.25) is 0 Å². The molecule has 6 heteroatoms. The Kier molecular flexibility index (Phi) is 4.92. The van der Waals surface area contributed by atoms with Crippen LogP contribution in [0.25, 0.3) is 0 Å². The van der Waals surface area contributed by atoms with Crippen molar-refractivity contribution in [2.45, 2.75) is 17.8 Å². The third-order valence-electron chi connectivity index (χ3n) is 3.18. The van der Waals surface area contributed by atoms with Gasteiger partial charge in [-0.05, 0) is 6.42 Å². The molecule has 0 amide bonds. The van der Waals surface area contributed by atoms with Crippen molar-refractivity contribution < 1.29 is 19.5 Å². The fraction of sp³-hybridized carbons (Fsp3) is 0.357. The van der Waals surface area contributed by atoms with Crippen molar-refractivity contribution >= 4 is 29.8 Å². The lowest BCUT2D eigenvalue weighted by Crippen LogP contribution is -2.38. The molecule has 3 atom stereocenters. The molecule has 1 heterocycles. The highest BCUT2D eigenvalue weighted by atomic mass is 32.2. The van der Waals surface area contributed by atoms with E-state index < -0.39 is 17.9 Å². The van der Waals surface area contributed by atoms with Crippen molar-refractivity contribution in [3.8, 4) is 0 Å². The minimum Gasteiger partial charge on any atom is -0.480 e. The summed E-state index contributed by atoms with van der Waals surface area (Å²) in [4.78, 5) is 34.2. The van der Waals surface area contributed by atoms with Crippen LogP contribution in [0.5, 0.6) is 0 Å². The number of carboxylic acid groups (broad SMARTS) is 1. The van der Waals surface area contributed by atoms with E-state index in [0.717, 1.165) is 0 Å². The second-order valence-corrected chi connectivity index (χ2v) is 5.82. The van der Waals surface area contributed by atoms with Gasteiger partial charge in [-0.1, -0.05) is 30.3 Å². The highest BCUT2D eigenvalue weighted by Gasteiger charge is 2.32. The Hall–Kier alpha value is -1.66. The first-order valence-corrected chi connectivity index (χ1v) is 7.31. The normalized spacial score (nSPS) is 23.2. The van der Waals surface area contributed by atoms with Gasteiger partial charge in [0.15, 0.2) is 5.78 Å². The fourth-order valence-corrected chi connectivity index (χ4v) is 3.35. The van der Waals surface area contributed by atoms with Gasteiger partial charge in [0, 0.05) is 11.3 Å². The Morgan fingerprint density at radius 1 is 1.40 bits per heavy atom. The van der Waals surface area contributed by atoms with Crippen LogP contribution in [-0.4, -0.2) is 40.3 Å². The Labute approximate surface area is 120 Å². The topological polar surface area (TPSA) is 83.5 Å². The summed E-state index contributed by atoms with van der Waals surface area (Å²) < 4.78 is 0. The number of carboxylic acids is 1. The van der Waals surface area contributed by atoms with Crippen LogP contribution >= 0.6 is 11.8 Å². The van der Waals surface area contributed by atoms with Crippen molar-refractivity contribution in [2.24, 2.45) is 5.92 Å². The predicted molar refractivity (Wildman–Crippen MR) is 75.7 cm³/mol. The SMILES string of the molecule is O=CC(CC1NC(C(=O)O)CS1)C(=O)c1ccccc1. The number of ketones is 1. The molecule has 3 unspecified atom stereocenters. The largest absolute Gasteiger partial charge is 0.480 e. The van der Waals surface area contributed by atoms with Crippen LogP contribution < -0.4 is 5.32 Å². The second kappa shape index (κ2) is 6.67. The molecule has 2 rings (SSSR count). The van der Waals surface area contributed by atoms with Gasteiger partial charge in [-0.25, -0.2) is 0 Å². The molecule has 2 N–H and O–H groups in total. The van der Waals surface area contributed by atoms with Gasteiger partial charge in [-0.15, -0.1) is 11.8 Å². The zero-order valence-corrected chi connectivity index (χ0v) is 11.5. The number of thioether (sulfide) groups is 1. The lowest BCUT2D eigenvalue weighted by molar-refractivity contribution is -0.138. The third kappa shape index (κ3) is 3.46. The van der Waals surface area contributed by atoms with Gasteiger partial charge in [0.1, 0.15) is 12.3 Å². The number of nitrogens with one attached hydrogen (secondary N) is 1. The van der Waals surface area contributed by atoms with Crippen LogP contribution in [-0.2, 0) is 9.59 Å². The molecular formula is C14H15NO4S. The Morgan fingerprint density at radius 2 is 2.10 bits per heavy atom. The lowest BCUT2D eigenvalue weighted by Gasteiger charge is -2.15. The van der Waals surface area contributed by atoms with Gasteiger partial charge in [0.05, 0.1) is 11.3 Å². The van der Waals surface area contributed by atoms with Crippen molar-refractivity contribution in [3.05, 3.63) is 35.9 Å². The third-order valence-corrected chi connectivity index (χ3v) is 4.43. The molecule has 0 bridgehead atoms. The molecule has 1 aliphatic heterocycles. The number of carbonyl (C=O) groups is 3. The van der Waals surface area contributed by atoms with E-state index in [0.29, 0.717) is 24.0 Å². The Morgan fingerprint density at radius 3 is 2.65 bits per heavy atom. The average molecular weight is 293 g/mol. The van der Waals surface area contributed by atoms with E-state index in [9.17, 15) is 14.4 Å². The molecule has 5 nitrogen and oxygen atoms in total. The molecule has 1 fully saturated rings. The number of aldehydes is 1. The number of rotatable bonds is 6. The quantitative estimate of drug-likeness (QED) is 0.466. The highest BCUT2D eigenvalue weighted by Crippen LogP contribution is 2.25. The number of hydrogen-bond acceptors (Lipinski definition) is 5. The van der Waals surface area contributed by atoms with Crippen molar-refractivity contribution in [2.75, 3.05) is 5.75 Å². The smallest absolute Gasteiger partial charge is 0.321 e. The first kappa shape index (κ1) is 14.7. The number of carbonyl (C=O) groups excluding carboxylic acids is 2. The summed E-state index contributed by atoms with van der Waals surface area (Å²) >= 11 is 1.43. The summed E-state index contributed by atoms with van der Waals surface area (Å²) in [5, 5.41) is 11.6. The van der Waals surface area contributed by atoms with Crippen molar-refractivity contribution in [1.82, 2.24) is 5.32 Å². The van der Waals surface area contributed by atoms with Crippen LogP contribution in [0.1, 0.15) is 16.8 Å². The minimum absolute atomic E-state index is 0.182. The zero-order chi connectivity index (χ0) is 14.5. The minimum atomic E-state index is -0.906. The molecule has 1 aliphatic rings. The Balaban J connectivity index is 1.98. The lowest BCUT2D eigenvalue weighted by atomic mass is 9.96. The summed E-state index contributed by atoms with van der Waals surface area (Å²) in [6, 6.07) is 8.04. The summed E-state index contributed by atoms with van der Waals surface area (Å²) in [7, 11) is 0. The molecule has 20 heavy (non-hydrogen) atoms. The van der Waals surface area contributed by atoms with Crippen LogP contribution in [0.3, 0.4) is 0 Å². The maximum absolute atomic E-state index is 12.2. The average Bonchev–Trinajstić information content (AvgIpc) is 2.94. The molecule has 1 aromatic carbocycles. The van der Waals surface area contributed by atoms with Gasteiger partial charge in [-0.2, -0.15) is 0 Å². The van der Waals surface area contributed by atoms with Gasteiger partial charge < -0.3 is 9.90 Å². The van der Waals surface area contributed by atoms with E-state index in [1.54, 1.807) is 30.3 Å². The maximum Gasteiger partial charge on any atom is 0.321 e. The van der Waals surface area contributed by atoms with E-state index >= 15 is 0 Å². The highest BCUT2D eigenvalue weighted by molar-refractivity contribution is 8.00. The fourth-order valence-electron chi connectivity index (χ4n) is 2.08. The first-order chi connectivity index (χ1) is 9.61. The van der Waals surface area contributed by atoms with Crippen LogP contribution in [0.4, 0.5) is 0 Å². The summed E-state index contributed by atoms with van der Waals surface area (Å²) in [6.07, 6.45) is 0.956. The Bertz CT molecular complexity index is 505. The second-order valence-electron chi connectivity index (χ2n) is 4.59. The number of aliphatic carboxylic acids is 1. The van der Waals surface area contributed by atoms with E-state index in [1.807, 2.05) is 0 Å². The van der Waals surface area contributed by atoms with Gasteiger partial charge in [-0.3, -0.25) is 14.9 Å². The van der Waals surface area contributed by atoms with E-state index in [4.69, 9.17) is 5.11 Å². The van der Waals surface area contributed by atoms with Gasteiger partial charge in [0.2, 0.25) is 0 Å². The molecule has 1 aromatic rings. The molecule has 1 saturated heterocycles. The molecule has 0 radical (unpaired) electrons. The predicted octanol–water partition coefficient (Wildman–Crippen LogP) is 1.19. The van der Waals surface area contributed by atoms with E-state index in [2.05, 4.69) is 5.32 Å². The first-order valence-electron chi connectivity index (χ1n) is 6.27. The van der Waals surface area contributed by atoms with Crippen LogP contribution in [0.15, 0.2) is 30.3 Å². The van der Waals surface area contributed by atoms with E-state index in [-0.39, 0.29) is 11.2 Å². The summed E-state index contributed by atoms with van der Waals surface area (Å²) in [5.74, 6) is -1.42. The monoisotopic (exact) mass is 293 g/mol. The molecule has 0 saturated carbocycles. The molecule has 0 aromatic heterocycles. The summed E-state index contributed by atoms with van der Waals surface area (Å²) in [5.41, 5.74) is 0.502. The molecular weight excluding hydrogens is 278 g/mol. The molecule has 0 aliphatic carbocycles. The summed E-state index contributed by atoms with van der Waals surface area (Å²) in [6.45, 7) is 0. The van der Waals surface area contributed by atoms with Crippen molar-refractivity contribution in [1.29, 1.82) is 0 Å². The maximum atomic E-state index is 12.2. The molecule has 0 spiro atoms. The number of Topliss-reactive ketones (excluding diaryl/α,β-unsaturated/α-hetero) is 1. The van der Waals surface area contributed by atoms with Gasteiger partial charge in [0.25, 0.3) is 0 Å². The zero-order valence-electron chi connectivity index (χ0n) is 10.7. The van der Waals surface area contributed by atoms with Crippen LogP contribution in [0, 0.1) is 5.92 Å². The van der Waals surface area contributed by atoms with E-state index in [1.165, 1.54) is 11.8 Å². The number of hydrogen-bond donors (Lipinski definition) is 2. The standard InChI is InChI=1S/C14H15NO4S/c16-7-10(13(17)9-4-2-1-3-5-9)6-12-15-11(8-20-12)14(18)19/h1-5,7,10-12,15H,6,8H2,(H,18,19).